The van der Waals surface area contributed by atoms with Crippen molar-refractivity contribution in [2.75, 3.05) is 0 Å². The van der Waals surface area contributed by atoms with Gasteiger partial charge in [0.15, 0.2) is 11.6 Å². The number of rotatable bonds is 2. The second-order valence-electron chi connectivity index (χ2n) is 2.35. The van der Waals surface area contributed by atoms with E-state index < -0.39 is 23.2 Å². The molecule has 1 rings (SSSR count). The van der Waals surface area contributed by atoms with Crippen molar-refractivity contribution in [3.8, 4) is 0 Å². The number of benzene rings is 1. The first-order chi connectivity index (χ1) is 6.49. The molecule has 0 fully saturated rings. The molecule has 0 atom stereocenters. The molecule has 0 aromatic heterocycles. The van der Waals surface area contributed by atoms with Gasteiger partial charge in [-0.25, -0.2) is 13.6 Å². The first-order valence-corrected chi connectivity index (χ1v) is 3.40. The van der Waals surface area contributed by atoms with Crippen molar-refractivity contribution >= 4 is 6.08 Å². The highest BCUT2D eigenvalue weighted by Crippen LogP contribution is 2.31. The van der Waals surface area contributed by atoms with Gasteiger partial charge >= 0.3 is 6.05 Å². The van der Waals surface area contributed by atoms with Crippen LogP contribution in [0.5, 0.6) is 0 Å². The summed E-state index contributed by atoms with van der Waals surface area (Å²) in [6, 6.07) is -1.88. The van der Waals surface area contributed by atoms with Gasteiger partial charge in [-0.1, -0.05) is 6.07 Å². The van der Waals surface area contributed by atoms with E-state index in [0.717, 1.165) is 6.07 Å². The highest BCUT2D eigenvalue weighted by molar-refractivity contribution is 5.36. The van der Waals surface area contributed by atoms with Crippen LogP contribution in [0, 0.1) is 11.6 Å². The summed E-state index contributed by atoms with van der Waals surface area (Å²) in [5.41, 5.74) is -1.29. The Morgan fingerprint density at radius 2 is 1.93 bits per heavy atom. The maximum Gasteiger partial charge on any atom is 0.382 e. The summed E-state index contributed by atoms with van der Waals surface area (Å²) in [7, 11) is 0. The van der Waals surface area contributed by atoms with Crippen molar-refractivity contribution in [1.82, 2.24) is 0 Å². The molecule has 2 nitrogen and oxygen atoms in total. The SMILES string of the molecule is O=C=NC(F)(F)c1cccc(F)c1F. The topological polar surface area (TPSA) is 29.4 Å². The minimum atomic E-state index is -4.09. The van der Waals surface area contributed by atoms with Gasteiger partial charge in [-0.05, 0) is 12.1 Å². The molecule has 74 valence electrons. The van der Waals surface area contributed by atoms with E-state index in [4.69, 9.17) is 0 Å². The van der Waals surface area contributed by atoms with E-state index in [9.17, 15) is 22.4 Å². The van der Waals surface area contributed by atoms with Crippen molar-refractivity contribution in [1.29, 1.82) is 0 Å². The van der Waals surface area contributed by atoms with Crippen molar-refractivity contribution in [3.63, 3.8) is 0 Å². The molecular weight excluding hydrogens is 202 g/mol. The summed E-state index contributed by atoms with van der Waals surface area (Å²) in [5, 5.41) is 0. The first-order valence-electron chi connectivity index (χ1n) is 3.40. The molecule has 14 heavy (non-hydrogen) atoms. The lowest BCUT2D eigenvalue weighted by Gasteiger charge is -2.09. The normalized spacial score (nSPS) is 10.9. The minimum absolute atomic E-state index is 0.589. The summed E-state index contributed by atoms with van der Waals surface area (Å²) >= 11 is 0. The fourth-order valence-electron chi connectivity index (χ4n) is 0.854. The van der Waals surface area contributed by atoms with Gasteiger partial charge < -0.3 is 0 Å². The molecule has 1 aromatic carbocycles. The van der Waals surface area contributed by atoms with Crippen LogP contribution in [0.1, 0.15) is 5.56 Å². The molecule has 0 bridgehead atoms. The standard InChI is InChI=1S/C8H3F4NO/c9-6-3-1-2-5(7(6)10)8(11,12)13-4-14/h1-3H. The van der Waals surface area contributed by atoms with Crippen LogP contribution in [0.25, 0.3) is 0 Å². The van der Waals surface area contributed by atoms with E-state index in [-0.39, 0.29) is 0 Å². The van der Waals surface area contributed by atoms with Gasteiger partial charge in [-0.15, -0.1) is 4.99 Å². The molecular formula is C8H3F4NO. The summed E-state index contributed by atoms with van der Waals surface area (Å²) in [6.45, 7) is 0. The van der Waals surface area contributed by atoms with E-state index in [0.29, 0.717) is 18.2 Å². The number of isocyanates is 1. The van der Waals surface area contributed by atoms with Crippen LogP contribution < -0.4 is 0 Å². The lowest BCUT2D eigenvalue weighted by atomic mass is 10.2. The van der Waals surface area contributed by atoms with Crippen LogP contribution in [0.3, 0.4) is 0 Å². The van der Waals surface area contributed by atoms with Gasteiger partial charge in [-0.3, -0.25) is 0 Å². The van der Waals surface area contributed by atoms with Gasteiger partial charge in [0.05, 0.1) is 5.56 Å². The molecule has 1 aromatic rings. The lowest BCUT2D eigenvalue weighted by molar-refractivity contribution is 0.00193. The number of carbonyl (C=O) groups excluding carboxylic acids is 1. The van der Waals surface area contributed by atoms with E-state index >= 15 is 0 Å². The molecule has 6 heteroatoms. The molecule has 0 saturated carbocycles. The van der Waals surface area contributed by atoms with E-state index in [2.05, 4.69) is 4.99 Å². The molecule has 0 saturated heterocycles. The van der Waals surface area contributed by atoms with E-state index in [1.807, 2.05) is 0 Å². The number of hydrogen-bond acceptors (Lipinski definition) is 2. The Kier molecular flexibility index (Phi) is 2.67. The van der Waals surface area contributed by atoms with Crippen molar-refractivity contribution in [2.24, 2.45) is 4.99 Å². The molecule has 0 aliphatic heterocycles. The van der Waals surface area contributed by atoms with Gasteiger partial charge in [-0.2, -0.15) is 8.78 Å². The average molecular weight is 205 g/mol. The molecule has 0 aliphatic carbocycles. The summed E-state index contributed by atoms with van der Waals surface area (Å²) < 4.78 is 50.8. The van der Waals surface area contributed by atoms with Gasteiger partial charge in [0.2, 0.25) is 6.08 Å². The van der Waals surface area contributed by atoms with Gasteiger partial charge in [0.25, 0.3) is 0 Å². The Hall–Kier alpha value is -1.68. The minimum Gasteiger partial charge on any atom is -0.211 e. The van der Waals surface area contributed by atoms with Gasteiger partial charge in [0, 0.05) is 0 Å². The molecule has 0 radical (unpaired) electrons. The molecule has 0 spiro atoms. The van der Waals surface area contributed by atoms with Crippen LogP contribution in [-0.4, -0.2) is 6.08 Å². The van der Waals surface area contributed by atoms with Crippen molar-refractivity contribution < 1.29 is 22.4 Å². The largest absolute Gasteiger partial charge is 0.382 e. The Morgan fingerprint density at radius 1 is 1.29 bits per heavy atom. The number of hydrogen-bond donors (Lipinski definition) is 0. The Morgan fingerprint density at radius 3 is 2.50 bits per heavy atom. The van der Waals surface area contributed by atoms with Crippen LogP contribution in [0.2, 0.25) is 0 Å². The van der Waals surface area contributed by atoms with E-state index in [1.54, 1.807) is 0 Å². The Bertz CT molecular complexity index is 398. The molecule has 0 N–H and O–H groups in total. The van der Waals surface area contributed by atoms with Crippen molar-refractivity contribution in [2.45, 2.75) is 6.05 Å². The van der Waals surface area contributed by atoms with Crippen molar-refractivity contribution in [3.05, 3.63) is 35.4 Å². The summed E-state index contributed by atoms with van der Waals surface area (Å²) in [5.74, 6) is -3.15. The monoisotopic (exact) mass is 205 g/mol. The number of alkyl halides is 2. The zero-order valence-corrected chi connectivity index (χ0v) is 6.60. The first kappa shape index (κ1) is 10.4. The fourth-order valence-corrected chi connectivity index (χ4v) is 0.854. The maximum atomic E-state index is 12.8. The average Bonchev–Trinajstić information content (AvgIpc) is 2.09. The second kappa shape index (κ2) is 3.59. The predicted octanol–water partition coefficient (Wildman–Crippen LogP) is 2.35. The summed E-state index contributed by atoms with van der Waals surface area (Å²) in [4.78, 5) is 11.7. The Balaban J connectivity index is 3.32. The quantitative estimate of drug-likeness (QED) is 0.315. The van der Waals surface area contributed by atoms with E-state index in [1.165, 1.54) is 0 Å². The maximum absolute atomic E-state index is 12.8. The third-order valence-electron chi connectivity index (χ3n) is 1.46. The van der Waals surface area contributed by atoms with Gasteiger partial charge in [0.1, 0.15) is 0 Å². The molecule has 0 unspecified atom stereocenters. The highest BCUT2D eigenvalue weighted by Gasteiger charge is 2.35. The number of nitrogens with zero attached hydrogens (tertiary/aromatic N) is 1. The molecule has 0 heterocycles. The predicted molar refractivity (Wildman–Crippen MR) is 38.4 cm³/mol. The number of aliphatic imine (C=N–C) groups is 1. The zero-order chi connectivity index (χ0) is 10.8. The molecule has 0 amide bonds. The lowest BCUT2D eigenvalue weighted by Crippen LogP contribution is -2.12. The summed E-state index contributed by atoms with van der Waals surface area (Å²) in [6.07, 6.45) is 0.589. The van der Waals surface area contributed by atoms with Crippen LogP contribution in [-0.2, 0) is 10.8 Å². The van der Waals surface area contributed by atoms with Crippen LogP contribution in [0.4, 0.5) is 17.6 Å². The third-order valence-corrected chi connectivity index (χ3v) is 1.46. The smallest absolute Gasteiger partial charge is 0.211 e. The zero-order valence-electron chi connectivity index (χ0n) is 6.60. The van der Waals surface area contributed by atoms with Crippen LogP contribution >= 0.6 is 0 Å². The highest BCUT2D eigenvalue weighted by atomic mass is 19.3. The fraction of sp³-hybridized carbons (Fsp3) is 0.125. The third kappa shape index (κ3) is 1.80. The Labute approximate surface area is 75.9 Å². The molecule has 0 aliphatic rings. The number of halogens is 4. The second-order valence-corrected chi connectivity index (χ2v) is 2.35. The van der Waals surface area contributed by atoms with Crippen LogP contribution in [0.15, 0.2) is 23.2 Å².